The van der Waals surface area contributed by atoms with Crippen molar-refractivity contribution >= 4 is 23.6 Å². The van der Waals surface area contributed by atoms with Gasteiger partial charge in [-0.2, -0.15) is 0 Å². The molecule has 0 spiro atoms. The summed E-state index contributed by atoms with van der Waals surface area (Å²) in [5.74, 6) is -1.67. The molecule has 12 nitrogen and oxygen atoms in total. The average molecular weight is 748 g/mol. The molecule has 0 aromatic carbocycles. The predicted molar refractivity (Wildman–Crippen MR) is 210 cm³/mol. The third-order valence-electron chi connectivity index (χ3n) is 11.4. The van der Waals surface area contributed by atoms with Crippen molar-refractivity contribution in [1.82, 2.24) is 25.3 Å². The van der Waals surface area contributed by atoms with Gasteiger partial charge < -0.3 is 39.9 Å². The fraction of sp³-hybridized carbons (Fsp3) is 0.805. The van der Waals surface area contributed by atoms with Crippen molar-refractivity contribution < 1.29 is 33.8 Å². The Kier molecular flexibility index (Phi) is 19.2. The van der Waals surface area contributed by atoms with E-state index in [-0.39, 0.29) is 59.8 Å². The summed E-state index contributed by atoms with van der Waals surface area (Å²) in [6.45, 7) is 16.7. The summed E-state index contributed by atoms with van der Waals surface area (Å²) in [6, 6.07) is -2.01. The van der Waals surface area contributed by atoms with Crippen molar-refractivity contribution in [1.29, 1.82) is 0 Å². The van der Waals surface area contributed by atoms with E-state index in [4.69, 9.17) is 9.47 Å². The topological polar surface area (TPSA) is 141 Å². The van der Waals surface area contributed by atoms with E-state index in [1.54, 1.807) is 40.0 Å². The van der Waals surface area contributed by atoms with Gasteiger partial charge in [0.2, 0.25) is 23.6 Å². The number of amides is 4. The van der Waals surface area contributed by atoms with Crippen molar-refractivity contribution in [2.45, 2.75) is 136 Å². The largest absolute Gasteiger partial charge is 0.386 e. The molecule has 304 valence electrons. The number of carbonyl (C=O) groups excluding carboxylic acids is 4. The van der Waals surface area contributed by atoms with Crippen LogP contribution in [0.3, 0.4) is 0 Å². The number of ether oxygens (including phenoxy) is 2. The third kappa shape index (κ3) is 12.6. The second kappa shape index (κ2) is 21.9. The molecule has 2 aliphatic rings. The zero-order valence-corrected chi connectivity index (χ0v) is 35.1. The zero-order chi connectivity index (χ0) is 40.2. The Labute approximate surface area is 320 Å². The first kappa shape index (κ1) is 46.4. The van der Waals surface area contributed by atoms with E-state index in [1.807, 2.05) is 69.8 Å². The van der Waals surface area contributed by atoms with Crippen LogP contribution < -0.4 is 10.6 Å². The first-order valence-electron chi connectivity index (χ1n) is 19.8. The highest BCUT2D eigenvalue weighted by atomic mass is 16.5. The van der Waals surface area contributed by atoms with Gasteiger partial charge in [-0.1, -0.05) is 73.1 Å². The highest BCUT2D eigenvalue weighted by Gasteiger charge is 2.43. The van der Waals surface area contributed by atoms with Crippen molar-refractivity contribution in [3.8, 4) is 0 Å². The normalized spacial score (nSPS) is 21.3. The quantitative estimate of drug-likeness (QED) is 0.160. The minimum atomic E-state index is -0.824. The van der Waals surface area contributed by atoms with E-state index in [0.29, 0.717) is 19.5 Å². The van der Waals surface area contributed by atoms with Gasteiger partial charge in [-0.05, 0) is 70.0 Å². The second-order valence-electron chi connectivity index (χ2n) is 16.4. The van der Waals surface area contributed by atoms with Crippen LogP contribution in [0.2, 0.25) is 0 Å². The summed E-state index contributed by atoms with van der Waals surface area (Å²) < 4.78 is 12.0. The number of hydrogen-bond donors (Lipinski definition) is 3. The average Bonchev–Trinajstić information content (AvgIpc) is 3.61. The molecule has 1 fully saturated rings. The van der Waals surface area contributed by atoms with Crippen molar-refractivity contribution in [3.05, 3.63) is 23.8 Å². The van der Waals surface area contributed by atoms with Crippen LogP contribution in [0.15, 0.2) is 23.8 Å². The van der Waals surface area contributed by atoms with Crippen LogP contribution in [0, 0.1) is 29.6 Å². The van der Waals surface area contributed by atoms with Gasteiger partial charge >= 0.3 is 0 Å². The summed E-state index contributed by atoms with van der Waals surface area (Å²) in [7, 11) is 8.75. The molecule has 53 heavy (non-hydrogen) atoms. The maximum absolute atomic E-state index is 14.3. The van der Waals surface area contributed by atoms with Gasteiger partial charge in [0.15, 0.2) is 0 Å². The molecule has 1 heterocycles. The lowest BCUT2D eigenvalue weighted by Gasteiger charge is -2.41. The van der Waals surface area contributed by atoms with Crippen LogP contribution >= 0.6 is 0 Å². The number of methoxy groups -OCH3 is 2. The van der Waals surface area contributed by atoms with Crippen molar-refractivity contribution in [2.75, 3.05) is 48.5 Å². The van der Waals surface area contributed by atoms with E-state index in [9.17, 15) is 24.3 Å². The van der Waals surface area contributed by atoms with Gasteiger partial charge in [0.25, 0.3) is 0 Å². The summed E-state index contributed by atoms with van der Waals surface area (Å²) in [5.41, 5.74) is 0.799. The number of aliphatic hydroxyl groups is 1. The number of carbonyl (C=O) groups is 4. The Bertz CT molecular complexity index is 1250. The number of allylic oxidation sites excluding steroid dienone is 2. The molecule has 10 atom stereocenters. The van der Waals surface area contributed by atoms with E-state index >= 15 is 0 Å². The molecule has 2 rings (SSSR count). The molecule has 1 aliphatic carbocycles. The lowest BCUT2D eigenvalue weighted by atomic mass is 9.89. The number of likely N-dealkylation sites (tertiary alicyclic amines) is 1. The van der Waals surface area contributed by atoms with Crippen LogP contribution in [0.4, 0.5) is 0 Å². The second-order valence-corrected chi connectivity index (χ2v) is 16.4. The van der Waals surface area contributed by atoms with Gasteiger partial charge in [0.05, 0.1) is 54.7 Å². The Morgan fingerprint density at radius 2 is 1.60 bits per heavy atom. The molecule has 1 saturated heterocycles. The third-order valence-corrected chi connectivity index (χ3v) is 11.4. The van der Waals surface area contributed by atoms with E-state index < -0.39 is 42.4 Å². The molecule has 0 bridgehead atoms. The molecule has 0 aromatic rings. The molecule has 1 aliphatic heterocycles. The molecule has 0 saturated carbocycles. The van der Waals surface area contributed by atoms with E-state index in [1.165, 1.54) is 0 Å². The fourth-order valence-electron chi connectivity index (χ4n) is 7.87. The number of hydrogen-bond acceptors (Lipinski definition) is 8. The molecule has 4 amide bonds. The number of rotatable bonds is 21. The Morgan fingerprint density at radius 3 is 2.11 bits per heavy atom. The van der Waals surface area contributed by atoms with Crippen molar-refractivity contribution in [2.24, 2.45) is 29.6 Å². The maximum Gasteiger partial charge on any atom is 0.245 e. The van der Waals surface area contributed by atoms with Crippen LogP contribution in [0.1, 0.15) is 93.9 Å². The number of nitrogens with one attached hydrogen (secondary N) is 2. The minimum Gasteiger partial charge on any atom is -0.386 e. The summed E-state index contributed by atoms with van der Waals surface area (Å²) >= 11 is 0. The van der Waals surface area contributed by atoms with E-state index in [2.05, 4.69) is 24.5 Å². The molecular weight excluding hydrogens is 674 g/mol. The number of nitrogens with zero attached hydrogens (tertiary/aromatic N) is 3. The first-order valence-corrected chi connectivity index (χ1v) is 19.8. The van der Waals surface area contributed by atoms with Gasteiger partial charge in [-0.25, -0.2) is 0 Å². The van der Waals surface area contributed by atoms with Gasteiger partial charge in [-0.3, -0.25) is 19.2 Å². The summed E-state index contributed by atoms with van der Waals surface area (Å²) in [4.78, 5) is 60.9. The Hall–Kier alpha value is -2.80. The van der Waals surface area contributed by atoms with Gasteiger partial charge in [-0.15, -0.1) is 0 Å². The zero-order valence-electron chi connectivity index (χ0n) is 35.1. The maximum atomic E-state index is 14.3. The molecule has 12 heteroatoms. The van der Waals surface area contributed by atoms with Crippen LogP contribution in [-0.2, 0) is 28.7 Å². The highest BCUT2D eigenvalue weighted by molar-refractivity contribution is 5.89. The predicted octanol–water partition coefficient (Wildman–Crippen LogP) is 4.02. The molecule has 9 unspecified atom stereocenters. The highest BCUT2D eigenvalue weighted by Crippen LogP contribution is 2.30. The van der Waals surface area contributed by atoms with Gasteiger partial charge in [0.1, 0.15) is 6.04 Å². The van der Waals surface area contributed by atoms with Crippen LogP contribution in [0.5, 0.6) is 0 Å². The SMILES string of the molecule is CCC(C)C(C(CC(=O)N1CCCC1C(OC)C(C)C(=O)NC(C)C(O)C1=CCCC=C1)OC)N(C)C(=O)[C@@H](NC(=O)C(CN(C)C)C(C)C)C(C)C. The smallest absolute Gasteiger partial charge is 0.245 e. The first-order chi connectivity index (χ1) is 24.9. The lowest BCUT2D eigenvalue weighted by Crippen LogP contribution is -2.58. The molecular formula is C41H73N5O7. The molecule has 3 N–H and O–H groups in total. The Morgan fingerprint density at radius 1 is 0.943 bits per heavy atom. The summed E-state index contributed by atoms with van der Waals surface area (Å²) in [6.07, 6.45) is 7.97. The van der Waals surface area contributed by atoms with Crippen LogP contribution in [0.25, 0.3) is 0 Å². The van der Waals surface area contributed by atoms with Crippen LogP contribution in [-0.4, -0.2) is 134 Å². The summed E-state index contributed by atoms with van der Waals surface area (Å²) in [5, 5.41) is 16.9. The standard InChI is InChI=1S/C41H73N5O7/c1-14-27(6)36(45(11)41(51)35(26(4)5)43-40(50)31(25(2)3)24-44(9)10)33(52-12)23-34(47)46-22-18-21-32(46)38(53-13)28(7)39(49)42-29(8)37(48)30-19-16-15-17-20-30/h16,19-20,25-29,31-33,35-38,48H,14-15,17-18,21-24H2,1-13H3,(H,42,49)(H,43,50)/t27?,28?,29?,31?,32?,33?,35-,36?,37?,38?/m0/s1. The van der Waals surface area contributed by atoms with Gasteiger partial charge in [0, 0.05) is 34.4 Å². The number of aliphatic hydroxyl groups excluding tert-OH is 1. The Balaban J connectivity index is 2.24. The monoisotopic (exact) mass is 748 g/mol. The molecule has 0 radical (unpaired) electrons. The minimum absolute atomic E-state index is 0.00983. The van der Waals surface area contributed by atoms with E-state index in [0.717, 1.165) is 31.3 Å². The number of likely N-dealkylation sites (N-methyl/N-ethyl adjacent to an activating group) is 1. The molecule has 0 aromatic heterocycles. The van der Waals surface area contributed by atoms with Crippen molar-refractivity contribution in [3.63, 3.8) is 0 Å². The lowest BCUT2D eigenvalue weighted by molar-refractivity contribution is -0.148. The fourth-order valence-corrected chi connectivity index (χ4v) is 7.87.